The van der Waals surface area contributed by atoms with Gasteiger partial charge in [-0.05, 0) is 0 Å². The second kappa shape index (κ2) is 7.19. The molecule has 0 N–H and O–H groups in total. The molecule has 0 nitrogen and oxygen atoms in total. The molecule has 0 saturated heterocycles. The molecule has 0 spiro atoms. The zero-order valence-electron chi connectivity index (χ0n) is 5.43. The fraction of sp³-hybridized carbons (Fsp3) is 0.400. The zero-order valence-corrected chi connectivity index (χ0v) is 14.1. The summed E-state index contributed by atoms with van der Waals surface area (Å²) in [6.07, 6.45) is 0. The SMILES string of the molecule is C=I/I=C(/C)I(C)I=C. The van der Waals surface area contributed by atoms with Gasteiger partial charge in [-0.3, -0.25) is 0 Å². The van der Waals surface area contributed by atoms with Crippen LogP contribution in [0.5, 0.6) is 0 Å². The Morgan fingerprint density at radius 3 is 2.33 bits per heavy atom. The van der Waals surface area contributed by atoms with Gasteiger partial charge in [0.1, 0.15) is 0 Å². The van der Waals surface area contributed by atoms with E-state index >= 15 is 0 Å². The van der Waals surface area contributed by atoms with Crippen molar-refractivity contribution in [3.8, 4) is 0 Å². The molecule has 4 heteroatoms. The quantitative estimate of drug-likeness (QED) is 0.353. The molecule has 0 amide bonds. The Kier molecular flexibility index (Phi) is 9.22. The van der Waals surface area contributed by atoms with Gasteiger partial charge in [-0.1, -0.05) is 0 Å². The first-order valence-corrected chi connectivity index (χ1v) is 22.0. The number of rotatable bonds is 3. The van der Waals surface area contributed by atoms with Gasteiger partial charge in [-0.25, -0.2) is 0 Å². The molecule has 0 radical (unpaired) electrons. The summed E-state index contributed by atoms with van der Waals surface area (Å²) in [6, 6.07) is 0. The van der Waals surface area contributed by atoms with Crippen molar-refractivity contribution in [2.24, 2.45) is 0 Å². The van der Waals surface area contributed by atoms with E-state index < -0.39 is 15.8 Å². The van der Waals surface area contributed by atoms with Gasteiger partial charge in [-0.2, -0.15) is 0 Å². The molecule has 0 bridgehead atoms. The van der Waals surface area contributed by atoms with E-state index in [9.17, 15) is 0 Å². The molecule has 0 fully saturated rings. The van der Waals surface area contributed by atoms with E-state index in [1.807, 2.05) is 1.52 Å². The van der Waals surface area contributed by atoms with Gasteiger partial charge in [-0.15, -0.1) is 0 Å². The Hall–Kier alpha value is 2.53. The summed E-state index contributed by atoms with van der Waals surface area (Å²) < 4.78 is 9.96. The molecular formula is C5H10I4. The van der Waals surface area contributed by atoms with Gasteiger partial charge in [0.05, 0.1) is 0 Å². The van der Waals surface area contributed by atoms with Crippen molar-refractivity contribution in [1.29, 1.82) is 0 Å². The molecule has 0 heterocycles. The Balaban J connectivity index is 3.99. The van der Waals surface area contributed by atoms with Crippen LogP contribution in [0.3, 0.4) is 0 Å². The first kappa shape index (κ1) is 11.5. The summed E-state index contributed by atoms with van der Waals surface area (Å²) in [5, 5.41) is 0. The van der Waals surface area contributed by atoms with Gasteiger partial charge >= 0.3 is 88.5 Å². The van der Waals surface area contributed by atoms with Crippen molar-refractivity contribution in [3.05, 3.63) is 0 Å². The van der Waals surface area contributed by atoms with Crippen LogP contribution in [0, 0.1) is 0 Å². The molecule has 58 valence electrons. The minimum atomic E-state index is -0.497. The van der Waals surface area contributed by atoms with Gasteiger partial charge in [0.2, 0.25) is 0 Å². The van der Waals surface area contributed by atoms with Crippen LogP contribution in [0.2, 0.25) is 0 Å². The van der Waals surface area contributed by atoms with Gasteiger partial charge in [0.15, 0.2) is 0 Å². The monoisotopic (exact) mass is 578 g/mol. The van der Waals surface area contributed by atoms with Crippen LogP contribution in [-0.2, 0) is 0 Å². The van der Waals surface area contributed by atoms with Crippen LogP contribution in [0.1, 0.15) is 6.92 Å². The molecule has 0 aliphatic carbocycles. The molecule has 0 unspecified atom stereocenters. The fourth-order valence-corrected chi connectivity index (χ4v) is 44.9. The van der Waals surface area contributed by atoms with E-state index in [-0.39, 0.29) is 0 Å². The predicted octanol–water partition coefficient (Wildman–Crippen LogP) is 3.88. The van der Waals surface area contributed by atoms with Crippen LogP contribution in [0.15, 0.2) is 0 Å². The summed E-state index contributed by atoms with van der Waals surface area (Å²) in [5.74, 6) is 0. The number of alkyl halides is 1. The Labute approximate surface area is 86.3 Å². The second-order valence-corrected chi connectivity index (χ2v) is 29.0. The molecule has 0 rings (SSSR count). The van der Waals surface area contributed by atoms with E-state index in [1.54, 1.807) is 0 Å². The van der Waals surface area contributed by atoms with Crippen LogP contribution in [-0.4, -0.2) is 15.5 Å². The van der Waals surface area contributed by atoms with Crippen LogP contribution in [0.4, 0.5) is 0 Å². The van der Waals surface area contributed by atoms with Crippen LogP contribution in [0.25, 0.3) is 0 Å². The van der Waals surface area contributed by atoms with Crippen LogP contribution >= 0.6 is 66.1 Å². The standard InChI is InChI=1S/C5H10I4/c1-5(8-6-2)9(4)7-3/h2-3H2,1,4H3. The van der Waals surface area contributed by atoms with Crippen molar-refractivity contribution in [2.45, 2.75) is 6.92 Å². The van der Waals surface area contributed by atoms with Gasteiger partial charge < -0.3 is 0 Å². The molecule has 0 aromatic rings. The molecule has 0 aliphatic heterocycles. The molecule has 0 aromatic heterocycles. The summed E-state index contributed by atoms with van der Waals surface area (Å²) in [6.45, 7) is 2.37. The normalized spacial score (nSPS) is 14.4. The topological polar surface area (TPSA) is 0 Å². The average molecular weight is 578 g/mol. The summed E-state index contributed by atoms with van der Waals surface area (Å²) in [7, 11) is 0. The van der Waals surface area contributed by atoms with Crippen molar-refractivity contribution in [2.75, 3.05) is 4.93 Å². The second-order valence-electron chi connectivity index (χ2n) is 1.13. The number of hydrogen-bond donors (Lipinski definition) is 0. The van der Waals surface area contributed by atoms with E-state index in [4.69, 9.17) is 0 Å². The van der Waals surface area contributed by atoms with Crippen molar-refractivity contribution in [1.82, 2.24) is 0 Å². The summed E-state index contributed by atoms with van der Waals surface area (Å²) in [4.78, 5) is 2.47. The van der Waals surface area contributed by atoms with Crippen molar-refractivity contribution >= 4 is 76.7 Å². The number of hydrogen-bond acceptors (Lipinski definition) is 0. The Bertz CT molecular complexity index is 138. The molecule has 9 heavy (non-hydrogen) atoms. The third-order valence-electron chi connectivity index (χ3n) is 0.659. The van der Waals surface area contributed by atoms with Gasteiger partial charge in [0.25, 0.3) is 0 Å². The molecule has 0 saturated carbocycles. The van der Waals surface area contributed by atoms with E-state index in [0.717, 1.165) is 0 Å². The first-order valence-electron chi connectivity index (χ1n) is 2.08. The maximum atomic E-state index is 4.06. The van der Waals surface area contributed by atoms with Crippen molar-refractivity contribution in [3.63, 3.8) is 0 Å². The van der Waals surface area contributed by atoms with E-state index in [1.165, 1.54) is 0 Å². The van der Waals surface area contributed by atoms with Gasteiger partial charge in [0, 0.05) is 0 Å². The van der Waals surface area contributed by atoms with E-state index in [2.05, 4.69) is 20.9 Å². The maximum absolute atomic E-state index is 4.06. The summed E-state index contributed by atoms with van der Waals surface area (Å²) in [5.41, 5.74) is 0. The van der Waals surface area contributed by atoms with E-state index in [0.29, 0.717) is 50.3 Å². The fourth-order valence-electron chi connectivity index (χ4n) is 0.176. The average Bonchev–Trinajstić information content (AvgIpc) is 1.87. The minimum absolute atomic E-state index is 0.379. The molecule has 0 aromatic carbocycles. The predicted molar refractivity (Wildman–Crippen MR) is 86.9 cm³/mol. The zero-order chi connectivity index (χ0) is 7.28. The molecular weight excluding hydrogens is 568 g/mol. The Morgan fingerprint density at radius 1 is 1.44 bits per heavy atom. The molecule has 0 aliphatic rings. The molecule has 0 atom stereocenters. The third kappa shape index (κ3) is 5.76. The van der Waals surface area contributed by atoms with Crippen molar-refractivity contribution < 1.29 is 0 Å². The Morgan fingerprint density at radius 2 is 2.00 bits per heavy atom. The first-order chi connectivity index (χ1) is 4.22. The summed E-state index contributed by atoms with van der Waals surface area (Å²) >= 11 is 0.753. The van der Waals surface area contributed by atoms with Crippen LogP contribution < -0.4 is 0 Å². The number of halogens is 4. The third-order valence-corrected chi connectivity index (χ3v) is 36.3.